The first-order chi connectivity index (χ1) is 13.1. The summed E-state index contributed by atoms with van der Waals surface area (Å²) in [5.41, 5.74) is -0.0330. The number of nitrogens with one attached hydrogen (secondary N) is 1. The molecule has 1 atom stereocenters. The molecule has 0 radical (unpaired) electrons. The number of carbonyl (C=O) groups excluding carboxylic acids is 2. The smallest absolute Gasteiger partial charge is 0.337 e. The first-order valence-corrected chi connectivity index (χ1v) is 10.2. The standard InChI is InChI=1S/C18H18ClFN2O5S/c1-11(22(28(3,25)26)16-7-5-4-6-14(16)20)17(23)21-15-10-12(18(24)27-2)8-9-13(15)19/h4-11H,1-3H3,(H,21,23)/t11-/m1/s1. The molecule has 1 N–H and O–H groups in total. The zero-order valence-electron chi connectivity index (χ0n) is 15.3. The van der Waals surface area contributed by atoms with E-state index in [1.807, 2.05) is 0 Å². The third-order valence-corrected chi connectivity index (χ3v) is 5.38. The number of esters is 1. The molecule has 0 fully saturated rings. The highest BCUT2D eigenvalue weighted by atomic mass is 35.5. The molecular weight excluding hydrogens is 411 g/mol. The number of amides is 1. The summed E-state index contributed by atoms with van der Waals surface area (Å²) in [6.45, 7) is 1.31. The molecule has 150 valence electrons. The normalized spacial score (nSPS) is 12.2. The van der Waals surface area contributed by atoms with Gasteiger partial charge >= 0.3 is 5.97 Å². The van der Waals surface area contributed by atoms with Crippen LogP contribution >= 0.6 is 11.6 Å². The van der Waals surface area contributed by atoms with Crippen molar-refractivity contribution < 1.29 is 27.1 Å². The van der Waals surface area contributed by atoms with Crippen LogP contribution in [-0.2, 0) is 19.6 Å². The van der Waals surface area contributed by atoms with E-state index >= 15 is 0 Å². The number of hydrogen-bond acceptors (Lipinski definition) is 5. The summed E-state index contributed by atoms with van der Waals surface area (Å²) in [6.07, 6.45) is 0.869. The van der Waals surface area contributed by atoms with Gasteiger partial charge in [0.15, 0.2) is 0 Å². The zero-order chi connectivity index (χ0) is 21.1. The van der Waals surface area contributed by atoms with Gasteiger partial charge in [-0.1, -0.05) is 23.7 Å². The van der Waals surface area contributed by atoms with Gasteiger partial charge in [0, 0.05) is 0 Å². The SMILES string of the molecule is COC(=O)c1ccc(Cl)c(NC(=O)[C@@H](C)N(c2ccccc2F)S(C)(=O)=O)c1. The maximum atomic E-state index is 14.2. The van der Waals surface area contributed by atoms with E-state index in [1.165, 1.54) is 50.4 Å². The molecule has 1 amide bonds. The summed E-state index contributed by atoms with van der Waals surface area (Å²) in [6, 6.07) is 8.01. The molecule has 0 bridgehead atoms. The van der Waals surface area contributed by atoms with Crippen LogP contribution in [-0.4, -0.2) is 39.7 Å². The average molecular weight is 429 g/mol. The first kappa shape index (κ1) is 21.6. The molecule has 0 aliphatic rings. The highest BCUT2D eigenvalue weighted by Crippen LogP contribution is 2.27. The van der Waals surface area contributed by atoms with Gasteiger partial charge in [0.1, 0.15) is 11.9 Å². The highest BCUT2D eigenvalue weighted by Gasteiger charge is 2.31. The van der Waals surface area contributed by atoms with Gasteiger partial charge in [-0.25, -0.2) is 17.6 Å². The van der Waals surface area contributed by atoms with Crippen molar-refractivity contribution in [3.05, 3.63) is 58.9 Å². The number of nitrogens with zero attached hydrogens (tertiary/aromatic N) is 1. The van der Waals surface area contributed by atoms with Crippen LogP contribution in [0.2, 0.25) is 5.02 Å². The van der Waals surface area contributed by atoms with E-state index in [0.29, 0.717) is 4.31 Å². The van der Waals surface area contributed by atoms with Crippen molar-refractivity contribution in [3.8, 4) is 0 Å². The fourth-order valence-electron chi connectivity index (χ4n) is 2.51. The molecule has 0 heterocycles. The lowest BCUT2D eigenvalue weighted by Crippen LogP contribution is -2.45. The Morgan fingerprint density at radius 3 is 2.43 bits per heavy atom. The Morgan fingerprint density at radius 2 is 1.86 bits per heavy atom. The van der Waals surface area contributed by atoms with Gasteiger partial charge in [-0.15, -0.1) is 0 Å². The Bertz CT molecular complexity index is 1010. The van der Waals surface area contributed by atoms with Crippen LogP contribution in [0.3, 0.4) is 0 Å². The maximum Gasteiger partial charge on any atom is 0.337 e. The predicted molar refractivity (Wildman–Crippen MR) is 105 cm³/mol. The Hall–Kier alpha value is -2.65. The number of anilines is 2. The maximum absolute atomic E-state index is 14.2. The van der Waals surface area contributed by atoms with Crippen LogP contribution < -0.4 is 9.62 Å². The van der Waals surface area contributed by atoms with Gasteiger partial charge in [-0.3, -0.25) is 9.10 Å². The first-order valence-electron chi connectivity index (χ1n) is 7.99. The number of sulfonamides is 1. The van der Waals surface area contributed by atoms with E-state index < -0.39 is 33.8 Å². The minimum atomic E-state index is -3.99. The summed E-state index contributed by atoms with van der Waals surface area (Å²) in [5.74, 6) is -2.19. The van der Waals surface area contributed by atoms with Gasteiger partial charge in [-0.2, -0.15) is 0 Å². The van der Waals surface area contributed by atoms with E-state index in [0.717, 1.165) is 12.3 Å². The third kappa shape index (κ3) is 4.79. The average Bonchev–Trinajstić information content (AvgIpc) is 2.63. The number of carbonyl (C=O) groups is 2. The second-order valence-electron chi connectivity index (χ2n) is 5.86. The van der Waals surface area contributed by atoms with Crippen molar-refractivity contribution in [2.24, 2.45) is 0 Å². The molecule has 0 saturated carbocycles. The number of ether oxygens (including phenoxy) is 1. The highest BCUT2D eigenvalue weighted by molar-refractivity contribution is 7.92. The lowest BCUT2D eigenvalue weighted by atomic mass is 10.2. The van der Waals surface area contributed by atoms with Gasteiger partial charge in [-0.05, 0) is 37.3 Å². The molecule has 0 aliphatic heterocycles. The van der Waals surface area contributed by atoms with E-state index in [9.17, 15) is 22.4 Å². The van der Waals surface area contributed by atoms with Gasteiger partial charge in [0.2, 0.25) is 15.9 Å². The summed E-state index contributed by atoms with van der Waals surface area (Å²) in [7, 11) is -2.78. The molecule has 0 aromatic heterocycles. The second-order valence-corrected chi connectivity index (χ2v) is 8.13. The van der Waals surface area contributed by atoms with Crippen molar-refractivity contribution in [2.75, 3.05) is 23.0 Å². The van der Waals surface area contributed by atoms with Gasteiger partial charge in [0.25, 0.3) is 0 Å². The van der Waals surface area contributed by atoms with Crippen molar-refractivity contribution in [1.82, 2.24) is 0 Å². The molecule has 2 rings (SSSR count). The molecule has 2 aromatic rings. The molecule has 10 heteroatoms. The van der Waals surface area contributed by atoms with Gasteiger partial charge in [0.05, 0.1) is 35.3 Å². The summed E-state index contributed by atoms with van der Waals surface area (Å²) >= 11 is 6.05. The molecule has 7 nitrogen and oxygen atoms in total. The van der Waals surface area contributed by atoms with Crippen LogP contribution in [0.15, 0.2) is 42.5 Å². The molecule has 2 aromatic carbocycles. The zero-order valence-corrected chi connectivity index (χ0v) is 16.8. The third-order valence-electron chi connectivity index (χ3n) is 3.82. The topological polar surface area (TPSA) is 92.8 Å². The largest absolute Gasteiger partial charge is 0.465 e. The molecular formula is C18H18ClFN2O5S. The van der Waals surface area contributed by atoms with E-state index in [2.05, 4.69) is 10.1 Å². The molecule has 0 spiro atoms. The van der Waals surface area contributed by atoms with E-state index in [1.54, 1.807) is 0 Å². The molecule has 0 saturated heterocycles. The predicted octanol–water partition coefficient (Wildman–Crippen LogP) is 3.06. The fourth-order valence-corrected chi connectivity index (χ4v) is 3.85. The summed E-state index contributed by atoms with van der Waals surface area (Å²) in [4.78, 5) is 24.3. The van der Waals surface area contributed by atoms with Crippen LogP contribution in [0.5, 0.6) is 0 Å². The van der Waals surface area contributed by atoms with Crippen molar-refractivity contribution in [1.29, 1.82) is 0 Å². The van der Waals surface area contributed by atoms with Crippen molar-refractivity contribution in [2.45, 2.75) is 13.0 Å². The van der Waals surface area contributed by atoms with Crippen LogP contribution in [0, 0.1) is 5.82 Å². The fraction of sp³-hybridized carbons (Fsp3) is 0.222. The minimum absolute atomic E-state index is 0.0865. The van der Waals surface area contributed by atoms with Gasteiger partial charge < -0.3 is 10.1 Å². The molecule has 0 aliphatic carbocycles. The van der Waals surface area contributed by atoms with E-state index in [4.69, 9.17) is 11.6 Å². The lowest BCUT2D eigenvalue weighted by Gasteiger charge is -2.28. The lowest BCUT2D eigenvalue weighted by molar-refractivity contribution is -0.116. The second kappa shape index (κ2) is 8.57. The Labute approximate surface area is 167 Å². The number of methoxy groups -OCH3 is 1. The quantitative estimate of drug-likeness (QED) is 0.714. The molecule has 28 heavy (non-hydrogen) atoms. The Kier molecular flexibility index (Phi) is 6.63. The van der Waals surface area contributed by atoms with E-state index in [-0.39, 0.29) is 22.0 Å². The van der Waals surface area contributed by atoms with Crippen LogP contribution in [0.4, 0.5) is 15.8 Å². The minimum Gasteiger partial charge on any atom is -0.465 e. The van der Waals surface area contributed by atoms with Crippen molar-refractivity contribution in [3.63, 3.8) is 0 Å². The number of rotatable bonds is 6. The van der Waals surface area contributed by atoms with Crippen molar-refractivity contribution >= 4 is 44.9 Å². The summed E-state index contributed by atoms with van der Waals surface area (Å²) in [5, 5.41) is 2.59. The Morgan fingerprint density at radius 1 is 1.21 bits per heavy atom. The number of halogens is 2. The summed E-state index contributed by atoms with van der Waals surface area (Å²) < 4.78 is 43.9. The monoisotopic (exact) mass is 428 g/mol. The number of hydrogen-bond donors (Lipinski definition) is 1. The molecule has 0 unspecified atom stereocenters. The van der Waals surface area contributed by atoms with Crippen LogP contribution in [0.25, 0.3) is 0 Å². The number of benzene rings is 2. The van der Waals surface area contributed by atoms with Crippen LogP contribution in [0.1, 0.15) is 17.3 Å². The Balaban J connectivity index is 2.37. The number of para-hydroxylation sites is 1.